The van der Waals surface area contributed by atoms with Gasteiger partial charge in [-0.3, -0.25) is 9.69 Å². The molecule has 1 unspecified atom stereocenters. The molecule has 2 fully saturated rings. The van der Waals surface area contributed by atoms with Crippen LogP contribution in [0.5, 0.6) is 0 Å². The molecule has 1 amide bonds. The summed E-state index contributed by atoms with van der Waals surface area (Å²) in [5, 5.41) is 5.12. The number of nitrogens with zero attached hydrogens (tertiary/aromatic N) is 2. The van der Waals surface area contributed by atoms with Crippen LogP contribution in [0.3, 0.4) is 0 Å². The number of hydrogen-bond donors (Lipinski definition) is 2. The smallest absolute Gasteiger partial charge is 0.253 e. The number of carbonyl (C=O) groups is 1. The molecule has 7 nitrogen and oxygen atoms in total. The van der Waals surface area contributed by atoms with Crippen molar-refractivity contribution in [3.63, 3.8) is 0 Å². The van der Waals surface area contributed by atoms with Crippen molar-refractivity contribution in [2.45, 2.75) is 76.8 Å². The summed E-state index contributed by atoms with van der Waals surface area (Å²) in [5.41, 5.74) is 3.47. The number of morpholine rings is 1. The molecule has 1 saturated carbocycles. The number of benzene rings is 2. The van der Waals surface area contributed by atoms with Gasteiger partial charge in [0, 0.05) is 55.2 Å². The Labute approximate surface area is 252 Å². The average Bonchev–Trinajstić information content (AvgIpc) is 3.27. The number of ether oxygens (including phenoxy) is 1. The van der Waals surface area contributed by atoms with Gasteiger partial charge in [0.05, 0.1) is 33.4 Å². The molecule has 228 valence electrons. The van der Waals surface area contributed by atoms with Gasteiger partial charge in [-0.05, 0) is 75.2 Å². The van der Waals surface area contributed by atoms with Gasteiger partial charge in [-0.2, -0.15) is 0 Å². The van der Waals surface area contributed by atoms with E-state index in [-0.39, 0.29) is 11.4 Å². The average molecular weight is 593 g/mol. The highest BCUT2D eigenvalue weighted by molar-refractivity contribution is 7.98. The Balaban J connectivity index is 1.52. The van der Waals surface area contributed by atoms with Crippen molar-refractivity contribution in [2.24, 2.45) is 5.92 Å². The summed E-state index contributed by atoms with van der Waals surface area (Å²) in [6.45, 7) is 13.7. The zero-order valence-electron chi connectivity index (χ0n) is 25.8. The summed E-state index contributed by atoms with van der Waals surface area (Å²) in [6, 6.07) is 14.2. The topological polar surface area (TPSA) is 75.6 Å². The van der Waals surface area contributed by atoms with E-state index in [0.29, 0.717) is 17.4 Å². The molecule has 0 bridgehead atoms. The fraction of sp³-hybridized carbons (Fsp3) is 0.529. The molecule has 2 heterocycles. The Morgan fingerprint density at radius 3 is 2.43 bits per heavy atom. The highest BCUT2D eigenvalue weighted by atomic mass is 32.2. The Morgan fingerprint density at radius 2 is 1.74 bits per heavy atom. The first-order chi connectivity index (χ1) is 20.0. The van der Waals surface area contributed by atoms with Crippen LogP contribution in [-0.4, -0.2) is 70.4 Å². The van der Waals surface area contributed by atoms with E-state index in [9.17, 15) is 9.00 Å². The van der Waals surface area contributed by atoms with Crippen LogP contribution in [0, 0.1) is 12.8 Å². The molecule has 5 rings (SSSR count). The predicted molar refractivity (Wildman–Crippen MR) is 175 cm³/mol. The van der Waals surface area contributed by atoms with Gasteiger partial charge in [-0.1, -0.05) is 49.6 Å². The second-order valence-corrected chi connectivity index (χ2v) is 15.0. The molecule has 3 aromatic rings. The summed E-state index contributed by atoms with van der Waals surface area (Å²) in [4.78, 5) is 16.6. The lowest BCUT2D eigenvalue weighted by Crippen LogP contribution is -2.41. The minimum Gasteiger partial charge on any atom is -0.379 e. The maximum absolute atomic E-state index is 13.9. The Kier molecular flexibility index (Phi) is 9.47. The maximum atomic E-state index is 13.9. The van der Waals surface area contributed by atoms with Crippen LogP contribution in [0.1, 0.15) is 68.9 Å². The summed E-state index contributed by atoms with van der Waals surface area (Å²) in [6.07, 6.45) is 6.29. The highest BCUT2D eigenvalue weighted by Crippen LogP contribution is 2.37. The van der Waals surface area contributed by atoms with Crippen molar-refractivity contribution in [3.8, 4) is 11.3 Å². The summed E-state index contributed by atoms with van der Waals surface area (Å²) < 4.78 is 24.9. The van der Waals surface area contributed by atoms with Crippen molar-refractivity contribution >= 4 is 32.3 Å². The number of rotatable bonds is 9. The molecule has 1 aliphatic carbocycles. The van der Waals surface area contributed by atoms with Crippen molar-refractivity contribution < 1.29 is 13.7 Å². The first-order valence-electron chi connectivity index (χ1n) is 15.5. The van der Waals surface area contributed by atoms with Crippen molar-refractivity contribution in [2.75, 3.05) is 39.4 Å². The van der Waals surface area contributed by atoms with Crippen LogP contribution in [-0.2, 0) is 21.0 Å². The lowest BCUT2D eigenvalue weighted by atomic mass is 9.89. The molecular formula is C34H48N4O3S. The van der Waals surface area contributed by atoms with Gasteiger partial charge < -0.3 is 14.6 Å². The molecule has 8 heteroatoms. The van der Waals surface area contributed by atoms with E-state index in [0.717, 1.165) is 72.7 Å². The molecule has 0 spiro atoms. The van der Waals surface area contributed by atoms with Gasteiger partial charge in [-0.25, -0.2) is 8.93 Å². The second kappa shape index (κ2) is 12.9. The van der Waals surface area contributed by atoms with Gasteiger partial charge >= 0.3 is 0 Å². The molecule has 2 aliphatic rings. The Bertz CT molecular complexity index is 1510. The van der Waals surface area contributed by atoms with E-state index >= 15 is 0 Å². The summed E-state index contributed by atoms with van der Waals surface area (Å²) in [5.74, 6) is 4.70. The van der Waals surface area contributed by atoms with Crippen LogP contribution >= 0.6 is 0 Å². The molecular weight excluding hydrogens is 544 g/mol. The summed E-state index contributed by atoms with van der Waals surface area (Å²) in [7, 11) is -2.75. The quantitative estimate of drug-likeness (QED) is 0.316. The van der Waals surface area contributed by atoms with E-state index in [1.54, 1.807) is 0 Å². The van der Waals surface area contributed by atoms with Gasteiger partial charge in [0.25, 0.3) is 5.91 Å². The molecule has 2 aromatic carbocycles. The predicted octanol–water partition coefficient (Wildman–Crippen LogP) is 5.64. The highest BCUT2D eigenvalue weighted by Gasteiger charge is 2.25. The molecule has 2 N–H and O–H groups in total. The fourth-order valence-corrected chi connectivity index (χ4v) is 8.46. The van der Waals surface area contributed by atoms with Crippen molar-refractivity contribution in [1.82, 2.24) is 19.5 Å². The number of hydrogen-bond acceptors (Lipinski definition) is 4. The van der Waals surface area contributed by atoms with Crippen LogP contribution in [0.4, 0.5) is 0 Å². The van der Waals surface area contributed by atoms with Gasteiger partial charge in [0.15, 0.2) is 0 Å². The molecule has 1 aromatic heterocycles. The van der Waals surface area contributed by atoms with Gasteiger partial charge in [0.2, 0.25) is 0 Å². The Hall–Kier alpha value is -2.65. The zero-order valence-corrected chi connectivity index (χ0v) is 26.7. The monoisotopic (exact) mass is 592 g/mol. The van der Waals surface area contributed by atoms with E-state index < -0.39 is 9.71 Å². The third-order valence-electron chi connectivity index (χ3n) is 8.58. The molecule has 0 radical (unpaired) electrons. The number of carbonyl (C=O) groups excluding carboxylic acids is 1. The van der Waals surface area contributed by atoms with Crippen molar-refractivity contribution in [3.05, 3.63) is 53.7 Å². The van der Waals surface area contributed by atoms with Crippen LogP contribution in [0.15, 0.2) is 47.4 Å². The number of fused-ring (bicyclic) bond motifs is 1. The van der Waals surface area contributed by atoms with Crippen molar-refractivity contribution in [1.29, 1.82) is 0 Å². The second-order valence-electron chi connectivity index (χ2n) is 13.0. The van der Waals surface area contributed by atoms with E-state index in [4.69, 9.17) is 4.74 Å². The Morgan fingerprint density at radius 1 is 1.05 bits per heavy atom. The largest absolute Gasteiger partial charge is 0.379 e. The minimum absolute atomic E-state index is 0.0273. The summed E-state index contributed by atoms with van der Waals surface area (Å²) >= 11 is 0. The van der Waals surface area contributed by atoms with E-state index in [2.05, 4.69) is 50.5 Å². The first kappa shape index (κ1) is 30.8. The van der Waals surface area contributed by atoms with Gasteiger partial charge in [-0.15, -0.1) is 0 Å². The molecule has 1 saturated heterocycles. The lowest BCUT2D eigenvalue weighted by Gasteiger charge is -2.26. The first-order valence-corrected chi connectivity index (χ1v) is 17.2. The SMILES string of the molecule is C=S(=O)(NC(C)(C)C)c1ccc(-c2cc(C(=O)NCCN3CCOCC3)c(C)n2CC2CCCCC2)c2ccccc12. The standard InChI is InChI=1S/C34H48N4O3S/c1-25-30(33(39)35-17-18-37-19-21-41-22-20-37)23-31(38(25)24-26-11-7-6-8-12-26)28-15-16-32(29-14-10-9-13-27(28)29)42(5,40)36-34(2,3)4/h9-10,13-16,23,26H,5-8,11-12,17-22,24H2,1-4H3,(H,35,39)(H,36,40). The van der Waals surface area contributed by atoms with E-state index in [1.165, 1.54) is 32.1 Å². The number of amides is 1. The van der Waals surface area contributed by atoms with Crippen LogP contribution < -0.4 is 10.0 Å². The fourth-order valence-electron chi connectivity index (χ4n) is 6.54. The molecule has 42 heavy (non-hydrogen) atoms. The number of aromatic nitrogens is 1. The number of nitrogens with one attached hydrogen (secondary N) is 2. The van der Waals surface area contributed by atoms with Gasteiger partial charge in [0.1, 0.15) is 0 Å². The third kappa shape index (κ3) is 7.10. The lowest BCUT2D eigenvalue weighted by molar-refractivity contribution is 0.0383. The maximum Gasteiger partial charge on any atom is 0.253 e. The van der Waals surface area contributed by atoms with E-state index in [1.807, 2.05) is 45.0 Å². The molecule has 1 aliphatic heterocycles. The molecule has 1 atom stereocenters. The third-order valence-corrected chi connectivity index (χ3v) is 10.6. The van der Waals surface area contributed by atoms with Crippen LogP contribution in [0.2, 0.25) is 0 Å². The minimum atomic E-state index is -2.75. The zero-order chi connectivity index (χ0) is 29.9. The normalized spacial score (nSPS) is 18.7. The van der Waals surface area contributed by atoms with Crippen LogP contribution in [0.25, 0.3) is 22.0 Å².